The highest BCUT2D eigenvalue weighted by molar-refractivity contribution is 5.93. The van der Waals surface area contributed by atoms with Crippen molar-refractivity contribution in [2.24, 2.45) is 11.8 Å². The van der Waals surface area contributed by atoms with Gasteiger partial charge in [-0.1, -0.05) is 0 Å². The Morgan fingerprint density at radius 3 is 2.75 bits per heavy atom. The largest absolute Gasteiger partial charge is 0.393 e. The lowest BCUT2D eigenvalue weighted by Gasteiger charge is -2.16. The number of fused-ring (bicyclic) bond motifs is 2. The molecule has 1 saturated carbocycles. The zero-order valence-corrected chi connectivity index (χ0v) is 11.0. The summed E-state index contributed by atoms with van der Waals surface area (Å²) in [6, 6.07) is 3.52. The van der Waals surface area contributed by atoms with E-state index in [0.29, 0.717) is 23.2 Å². The fourth-order valence-electron chi connectivity index (χ4n) is 3.53. The molecule has 1 aliphatic carbocycles. The Morgan fingerprint density at radius 1 is 1.30 bits per heavy atom. The summed E-state index contributed by atoms with van der Waals surface area (Å²) < 4.78 is 1.62. The van der Waals surface area contributed by atoms with Crippen LogP contribution in [0.3, 0.4) is 0 Å². The van der Waals surface area contributed by atoms with Gasteiger partial charge in [-0.2, -0.15) is 5.10 Å². The van der Waals surface area contributed by atoms with Gasteiger partial charge < -0.3 is 10.0 Å². The third-order valence-electron chi connectivity index (χ3n) is 4.47. The number of aromatic nitrogens is 3. The van der Waals surface area contributed by atoms with Crippen LogP contribution < -0.4 is 0 Å². The number of aliphatic hydroxyl groups is 1. The second-order valence-corrected chi connectivity index (χ2v) is 5.81. The molecular weight excluding hydrogens is 256 g/mol. The Kier molecular flexibility index (Phi) is 2.53. The van der Waals surface area contributed by atoms with Crippen molar-refractivity contribution in [3.8, 4) is 0 Å². The van der Waals surface area contributed by atoms with Gasteiger partial charge in [0.15, 0.2) is 11.3 Å². The summed E-state index contributed by atoms with van der Waals surface area (Å²) in [5.74, 6) is 0.868. The van der Waals surface area contributed by atoms with Crippen LogP contribution in [0.1, 0.15) is 23.3 Å². The molecular formula is C14H16N4O2. The Balaban J connectivity index is 1.56. The van der Waals surface area contributed by atoms with Crippen LogP contribution >= 0.6 is 0 Å². The number of carbonyl (C=O) groups excluding carboxylic acids is 1. The molecule has 104 valence electrons. The first kappa shape index (κ1) is 11.8. The molecule has 3 heterocycles. The fraction of sp³-hybridized carbons (Fsp3) is 0.500. The molecule has 2 aliphatic rings. The van der Waals surface area contributed by atoms with E-state index in [2.05, 4.69) is 10.1 Å². The van der Waals surface area contributed by atoms with Gasteiger partial charge in [0.05, 0.1) is 6.10 Å². The SMILES string of the molecule is O=C(c1cc2ncccn2n1)N1C[C@H]2CC(O)C[C@H]2C1. The van der Waals surface area contributed by atoms with Gasteiger partial charge in [-0.05, 0) is 30.7 Å². The van der Waals surface area contributed by atoms with Crippen molar-refractivity contribution in [2.45, 2.75) is 18.9 Å². The topological polar surface area (TPSA) is 70.7 Å². The van der Waals surface area contributed by atoms with Crippen molar-refractivity contribution in [1.29, 1.82) is 0 Å². The molecule has 1 aliphatic heterocycles. The zero-order chi connectivity index (χ0) is 13.7. The summed E-state index contributed by atoms with van der Waals surface area (Å²) in [5.41, 5.74) is 1.13. The summed E-state index contributed by atoms with van der Waals surface area (Å²) in [5, 5.41) is 13.9. The van der Waals surface area contributed by atoms with Gasteiger partial charge in [-0.25, -0.2) is 9.50 Å². The summed E-state index contributed by atoms with van der Waals surface area (Å²) in [4.78, 5) is 18.5. The molecule has 0 bridgehead atoms. The van der Waals surface area contributed by atoms with Crippen molar-refractivity contribution in [1.82, 2.24) is 19.5 Å². The molecule has 0 aromatic carbocycles. The Labute approximate surface area is 116 Å². The van der Waals surface area contributed by atoms with E-state index in [1.807, 2.05) is 4.90 Å². The van der Waals surface area contributed by atoms with Crippen molar-refractivity contribution < 1.29 is 9.90 Å². The average molecular weight is 272 g/mol. The van der Waals surface area contributed by atoms with Gasteiger partial charge in [0.1, 0.15) is 0 Å². The smallest absolute Gasteiger partial charge is 0.274 e. The van der Waals surface area contributed by atoms with E-state index in [1.54, 1.807) is 29.0 Å². The molecule has 0 radical (unpaired) electrons. The minimum atomic E-state index is -0.179. The molecule has 2 fully saturated rings. The third kappa shape index (κ3) is 1.79. The van der Waals surface area contributed by atoms with Crippen molar-refractivity contribution in [3.05, 3.63) is 30.2 Å². The fourth-order valence-corrected chi connectivity index (χ4v) is 3.53. The standard InChI is InChI=1S/C14H16N4O2/c19-11-4-9-7-17(8-10(9)5-11)14(20)12-6-13-15-2-1-3-18(13)16-12/h1-3,6,9-11,19H,4-5,7-8H2/t9-,10+,11?. The van der Waals surface area contributed by atoms with Gasteiger partial charge in [0.25, 0.3) is 5.91 Å². The molecule has 0 spiro atoms. The number of likely N-dealkylation sites (tertiary alicyclic amines) is 1. The van der Waals surface area contributed by atoms with E-state index in [9.17, 15) is 9.90 Å². The Morgan fingerprint density at radius 2 is 2.05 bits per heavy atom. The van der Waals surface area contributed by atoms with Crippen LogP contribution in [0.4, 0.5) is 0 Å². The highest BCUT2D eigenvalue weighted by atomic mass is 16.3. The van der Waals surface area contributed by atoms with E-state index in [4.69, 9.17) is 0 Å². The van der Waals surface area contributed by atoms with Crippen LogP contribution in [0.2, 0.25) is 0 Å². The lowest BCUT2D eigenvalue weighted by Crippen LogP contribution is -2.30. The van der Waals surface area contributed by atoms with Crippen LogP contribution in [0.5, 0.6) is 0 Å². The molecule has 2 aromatic rings. The normalized spacial score (nSPS) is 29.1. The molecule has 6 heteroatoms. The minimum absolute atomic E-state index is 0.0283. The van der Waals surface area contributed by atoms with Crippen LogP contribution in [0.15, 0.2) is 24.5 Å². The summed E-state index contributed by atoms with van der Waals surface area (Å²) in [6.45, 7) is 1.48. The number of amides is 1. The lowest BCUT2D eigenvalue weighted by molar-refractivity contribution is 0.0759. The summed E-state index contributed by atoms with van der Waals surface area (Å²) in [7, 11) is 0. The van der Waals surface area contributed by atoms with Crippen LogP contribution in [0.25, 0.3) is 5.65 Å². The van der Waals surface area contributed by atoms with Crippen LogP contribution in [0, 0.1) is 11.8 Å². The maximum Gasteiger partial charge on any atom is 0.274 e. The Hall–Kier alpha value is -1.95. The number of aliphatic hydroxyl groups excluding tert-OH is 1. The highest BCUT2D eigenvalue weighted by Gasteiger charge is 2.42. The van der Waals surface area contributed by atoms with Crippen molar-refractivity contribution >= 4 is 11.6 Å². The molecule has 6 nitrogen and oxygen atoms in total. The van der Waals surface area contributed by atoms with E-state index >= 15 is 0 Å². The molecule has 1 N–H and O–H groups in total. The predicted octanol–water partition coefficient (Wildman–Crippen LogP) is 0.572. The van der Waals surface area contributed by atoms with Gasteiger partial charge in [0, 0.05) is 31.5 Å². The van der Waals surface area contributed by atoms with E-state index in [-0.39, 0.29) is 12.0 Å². The molecule has 1 saturated heterocycles. The van der Waals surface area contributed by atoms with Crippen LogP contribution in [-0.4, -0.2) is 49.7 Å². The lowest BCUT2D eigenvalue weighted by atomic mass is 10.0. The van der Waals surface area contributed by atoms with Gasteiger partial charge in [-0.3, -0.25) is 4.79 Å². The first-order valence-corrected chi connectivity index (χ1v) is 6.98. The number of nitrogens with zero attached hydrogens (tertiary/aromatic N) is 4. The summed E-state index contributed by atoms with van der Waals surface area (Å²) >= 11 is 0. The second-order valence-electron chi connectivity index (χ2n) is 5.81. The second kappa shape index (κ2) is 4.28. The maximum absolute atomic E-state index is 12.5. The molecule has 1 amide bonds. The molecule has 3 atom stereocenters. The maximum atomic E-state index is 12.5. The number of hydrogen-bond acceptors (Lipinski definition) is 4. The molecule has 2 aromatic heterocycles. The first-order valence-electron chi connectivity index (χ1n) is 6.98. The van der Waals surface area contributed by atoms with Crippen molar-refractivity contribution in [2.75, 3.05) is 13.1 Å². The average Bonchev–Trinajstić information content (AvgIpc) is 3.08. The van der Waals surface area contributed by atoms with E-state index in [1.165, 1.54) is 0 Å². The molecule has 20 heavy (non-hydrogen) atoms. The molecule has 4 rings (SSSR count). The third-order valence-corrected chi connectivity index (χ3v) is 4.47. The number of rotatable bonds is 1. The van der Waals surface area contributed by atoms with Crippen molar-refractivity contribution in [3.63, 3.8) is 0 Å². The minimum Gasteiger partial charge on any atom is -0.393 e. The quantitative estimate of drug-likeness (QED) is 0.824. The van der Waals surface area contributed by atoms with Crippen LogP contribution in [-0.2, 0) is 0 Å². The summed E-state index contributed by atoms with van der Waals surface area (Å²) in [6.07, 6.45) is 4.94. The zero-order valence-electron chi connectivity index (χ0n) is 11.0. The Bertz CT molecular complexity index is 621. The van der Waals surface area contributed by atoms with E-state index in [0.717, 1.165) is 25.9 Å². The monoisotopic (exact) mass is 272 g/mol. The predicted molar refractivity (Wildman–Crippen MR) is 71.1 cm³/mol. The first-order chi connectivity index (χ1) is 9.70. The number of hydrogen-bond donors (Lipinski definition) is 1. The van der Waals surface area contributed by atoms with Gasteiger partial charge in [-0.15, -0.1) is 0 Å². The van der Waals surface area contributed by atoms with E-state index < -0.39 is 0 Å². The molecule has 1 unspecified atom stereocenters. The highest BCUT2D eigenvalue weighted by Crippen LogP contribution is 2.38. The van der Waals surface area contributed by atoms with Gasteiger partial charge in [0.2, 0.25) is 0 Å². The van der Waals surface area contributed by atoms with Gasteiger partial charge >= 0.3 is 0 Å². The number of carbonyl (C=O) groups is 1.